The highest BCUT2D eigenvalue weighted by Crippen LogP contribution is 2.57. The van der Waals surface area contributed by atoms with Gasteiger partial charge in [0.2, 0.25) is 0 Å². The van der Waals surface area contributed by atoms with E-state index in [9.17, 15) is 0 Å². The fourth-order valence-electron chi connectivity index (χ4n) is 9.60. The van der Waals surface area contributed by atoms with Crippen LogP contribution in [0.5, 0.6) is 0 Å². The Bertz CT molecular complexity index is 3230. The number of fused-ring (bicyclic) bond motifs is 10. The van der Waals surface area contributed by atoms with Crippen LogP contribution in [0.2, 0.25) is 0 Å². The Morgan fingerprint density at radius 1 is 0.368 bits per heavy atom. The first kappa shape index (κ1) is 31.7. The third-order valence-corrected chi connectivity index (χ3v) is 12.0. The molecule has 12 rings (SSSR count). The summed E-state index contributed by atoms with van der Waals surface area (Å²) in [6.45, 7) is 0. The van der Waals surface area contributed by atoms with Gasteiger partial charge in [0.05, 0.1) is 27.9 Å². The number of benzene rings is 6. The van der Waals surface area contributed by atoms with E-state index in [1.165, 1.54) is 38.5 Å². The molecule has 1 aliphatic carbocycles. The Hall–Kier alpha value is -7.63. The molecule has 57 heavy (non-hydrogen) atoms. The first-order valence-corrected chi connectivity index (χ1v) is 19.4. The van der Waals surface area contributed by atoms with Gasteiger partial charge in [0, 0.05) is 57.1 Å². The minimum absolute atomic E-state index is 0.702. The second-order valence-corrected chi connectivity index (χ2v) is 14.8. The van der Waals surface area contributed by atoms with Crippen molar-refractivity contribution in [1.29, 1.82) is 0 Å². The predicted molar refractivity (Wildman–Crippen MR) is 231 cm³/mol. The Balaban J connectivity index is 1.03. The van der Waals surface area contributed by atoms with Crippen molar-refractivity contribution in [3.05, 3.63) is 223 Å². The van der Waals surface area contributed by atoms with Gasteiger partial charge in [0.1, 0.15) is 11.1 Å². The lowest BCUT2D eigenvalue weighted by Crippen LogP contribution is -2.30. The smallest absolute Gasteiger partial charge is 0.145 e. The molecule has 0 radical (unpaired) electrons. The number of aromatic nitrogens is 5. The summed E-state index contributed by atoms with van der Waals surface area (Å²) in [5.41, 5.74) is 14.9. The van der Waals surface area contributed by atoms with E-state index in [2.05, 4.69) is 173 Å². The highest BCUT2D eigenvalue weighted by Gasteiger charge is 2.49. The van der Waals surface area contributed by atoms with Crippen molar-refractivity contribution in [3.63, 3.8) is 0 Å². The van der Waals surface area contributed by atoms with Crippen LogP contribution in [0.1, 0.15) is 22.5 Å². The molecule has 0 fully saturated rings. The summed E-state index contributed by atoms with van der Waals surface area (Å²) in [4.78, 5) is 15.1. The molecule has 0 amide bonds. The summed E-state index contributed by atoms with van der Waals surface area (Å²) in [7, 11) is 0. The number of hydrogen-bond donors (Lipinski definition) is 0. The fourth-order valence-corrected chi connectivity index (χ4v) is 9.60. The third kappa shape index (κ3) is 4.42. The molecule has 0 saturated carbocycles. The van der Waals surface area contributed by atoms with Crippen LogP contribution in [0, 0.1) is 0 Å². The standard InChI is InChI=1S/C52H33N5/c1-4-16-43-42(14-1)49-44(52(43,47-19-7-9-31-53-47)48-20-8-10-32-54-48)30-29-40-41-15-11-33-55-51(41)57(50(40)49)37-27-23-35(24-28-37)34-21-25-36(26-22-34)56-45-17-5-2-12-38(45)39-13-3-6-18-46(39)56/h1-33H. The number of para-hydroxylation sites is 2. The van der Waals surface area contributed by atoms with Gasteiger partial charge in [-0.15, -0.1) is 0 Å². The first-order valence-electron chi connectivity index (χ1n) is 19.4. The van der Waals surface area contributed by atoms with Crippen molar-refractivity contribution in [2.75, 3.05) is 0 Å². The second kappa shape index (κ2) is 12.2. The molecule has 0 aliphatic heterocycles. The molecular weight excluding hydrogens is 695 g/mol. The Kier molecular flexibility index (Phi) is 6.78. The number of nitrogens with zero attached hydrogens (tertiary/aromatic N) is 5. The van der Waals surface area contributed by atoms with E-state index < -0.39 is 5.41 Å². The molecule has 0 N–H and O–H groups in total. The van der Waals surface area contributed by atoms with Gasteiger partial charge in [0.25, 0.3) is 0 Å². The van der Waals surface area contributed by atoms with E-state index in [1.54, 1.807) is 0 Å². The highest BCUT2D eigenvalue weighted by atomic mass is 15.0. The fraction of sp³-hybridized carbons (Fsp3) is 0.0192. The van der Waals surface area contributed by atoms with E-state index >= 15 is 0 Å². The average molecular weight is 728 g/mol. The van der Waals surface area contributed by atoms with Crippen LogP contribution in [0.4, 0.5) is 0 Å². The molecule has 5 heterocycles. The van der Waals surface area contributed by atoms with Gasteiger partial charge in [-0.2, -0.15) is 0 Å². The molecule has 11 aromatic rings. The SMILES string of the molecule is c1ccc(C2(c3ccccn3)c3ccccc3-c3c2ccc2c4cccnc4n(-c4ccc(-c5ccc(-n6c7ccccc7c7ccccc76)cc5)cc4)c32)nc1. The Morgan fingerprint density at radius 2 is 0.912 bits per heavy atom. The largest absolute Gasteiger partial charge is 0.309 e. The van der Waals surface area contributed by atoms with Gasteiger partial charge in [-0.25, -0.2) is 4.98 Å². The molecule has 0 bridgehead atoms. The van der Waals surface area contributed by atoms with Crippen LogP contribution in [0.3, 0.4) is 0 Å². The van der Waals surface area contributed by atoms with Crippen LogP contribution in [0.15, 0.2) is 201 Å². The zero-order valence-electron chi connectivity index (χ0n) is 30.8. The average Bonchev–Trinajstić information content (AvgIpc) is 3.92. The number of rotatable bonds is 5. The van der Waals surface area contributed by atoms with Crippen molar-refractivity contribution in [2.24, 2.45) is 0 Å². The van der Waals surface area contributed by atoms with Gasteiger partial charge >= 0.3 is 0 Å². The van der Waals surface area contributed by atoms with Crippen molar-refractivity contribution in [2.45, 2.75) is 5.41 Å². The zero-order chi connectivity index (χ0) is 37.5. The van der Waals surface area contributed by atoms with Gasteiger partial charge in [-0.05, 0) is 101 Å². The molecule has 1 aliphatic rings. The van der Waals surface area contributed by atoms with Gasteiger partial charge in [-0.3, -0.25) is 14.5 Å². The van der Waals surface area contributed by atoms with Crippen LogP contribution < -0.4 is 0 Å². The molecule has 5 nitrogen and oxygen atoms in total. The van der Waals surface area contributed by atoms with Gasteiger partial charge in [0.15, 0.2) is 0 Å². The topological polar surface area (TPSA) is 48.5 Å². The molecule has 5 heteroatoms. The third-order valence-electron chi connectivity index (χ3n) is 12.0. The van der Waals surface area contributed by atoms with Crippen molar-refractivity contribution in [1.82, 2.24) is 24.1 Å². The van der Waals surface area contributed by atoms with E-state index in [0.717, 1.165) is 61.4 Å². The molecular formula is C52H33N5. The van der Waals surface area contributed by atoms with E-state index in [1.807, 2.05) is 36.8 Å². The lowest BCUT2D eigenvalue weighted by molar-refractivity contribution is 0.706. The molecule has 266 valence electrons. The molecule has 6 aromatic carbocycles. The number of hydrogen-bond acceptors (Lipinski definition) is 3. The first-order chi connectivity index (χ1) is 28.3. The zero-order valence-corrected chi connectivity index (χ0v) is 30.8. The Labute approximate surface area is 328 Å². The van der Waals surface area contributed by atoms with Gasteiger partial charge < -0.3 is 4.57 Å². The normalized spacial score (nSPS) is 13.1. The number of pyridine rings is 3. The summed E-state index contributed by atoms with van der Waals surface area (Å²) in [6.07, 6.45) is 5.67. The van der Waals surface area contributed by atoms with E-state index in [-0.39, 0.29) is 0 Å². The van der Waals surface area contributed by atoms with E-state index in [4.69, 9.17) is 15.0 Å². The summed E-state index contributed by atoms with van der Waals surface area (Å²) in [5, 5.41) is 4.81. The van der Waals surface area contributed by atoms with Crippen LogP contribution >= 0.6 is 0 Å². The van der Waals surface area contributed by atoms with Gasteiger partial charge in [-0.1, -0.05) is 109 Å². The Morgan fingerprint density at radius 3 is 1.54 bits per heavy atom. The summed E-state index contributed by atoms with van der Waals surface area (Å²) >= 11 is 0. The minimum atomic E-state index is -0.702. The second-order valence-electron chi connectivity index (χ2n) is 14.8. The molecule has 0 saturated heterocycles. The maximum Gasteiger partial charge on any atom is 0.145 e. The van der Waals surface area contributed by atoms with Crippen LogP contribution in [0.25, 0.3) is 77.4 Å². The molecule has 5 aromatic heterocycles. The lowest BCUT2D eigenvalue weighted by atomic mass is 9.72. The summed E-state index contributed by atoms with van der Waals surface area (Å²) < 4.78 is 4.71. The predicted octanol–water partition coefficient (Wildman–Crippen LogP) is 12.1. The van der Waals surface area contributed by atoms with Crippen LogP contribution in [-0.2, 0) is 5.41 Å². The quantitative estimate of drug-likeness (QED) is 0.177. The minimum Gasteiger partial charge on any atom is -0.309 e. The van der Waals surface area contributed by atoms with Crippen LogP contribution in [-0.4, -0.2) is 24.1 Å². The molecule has 0 spiro atoms. The van der Waals surface area contributed by atoms with Crippen molar-refractivity contribution < 1.29 is 0 Å². The highest BCUT2D eigenvalue weighted by molar-refractivity contribution is 6.15. The maximum atomic E-state index is 5.03. The lowest BCUT2D eigenvalue weighted by Gasteiger charge is -2.31. The summed E-state index contributed by atoms with van der Waals surface area (Å²) in [6, 6.07) is 65.1. The van der Waals surface area contributed by atoms with Crippen molar-refractivity contribution in [3.8, 4) is 33.6 Å². The monoisotopic (exact) mass is 727 g/mol. The van der Waals surface area contributed by atoms with Crippen molar-refractivity contribution >= 4 is 43.7 Å². The molecule has 0 unspecified atom stereocenters. The summed E-state index contributed by atoms with van der Waals surface area (Å²) in [5.74, 6) is 0. The maximum absolute atomic E-state index is 5.03. The van der Waals surface area contributed by atoms with E-state index in [0.29, 0.717) is 0 Å². The molecule has 0 atom stereocenters.